The first-order chi connectivity index (χ1) is 7.85. The van der Waals surface area contributed by atoms with Crippen molar-refractivity contribution in [2.24, 2.45) is 0 Å². The van der Waals surface area contributed by atoms with Gasteiger partial charge >= 0.3 is 6.18 Å². The SMILES string of the molecule is CNC(CCC(F)(F)F)c1cccc(F)c1Br. The molecule has 0 spiro atoms. The second-order valence-corrected chi connectivity index (χ2v) is 4.43. The minimum atomic E-state index is -4.20. The zero-order valence-electron chi connectivity index (χ0n) is 9.11. The van der Waals surface area contributed by atoms with Gasteiger partial charge < -0.3 is 5.32 Å². The molecule has 1 N–H and O–H groups in total. The van der Waals surface area contributed by atoms with Crippen LogP contribution in [0.5, 0.6) is 0 Å². The van der Waals surface area contributed by atoms with Crippen molar-refractivity contribution in [1.29, 1.82) is 0 Å². The molecule has 0 aliphatic heterocycles. The van der Waals surface area contributed by atoms with E-state index in [9.17, 15) is 17.6 Å². The maximum absolute atomic E-state index is 13.3. The molecular weight excluding hydrogens is 302 g/mol. The first-order valence-electron chi connectivity index (χ1n) is 5.03. The first kappa shape index (κ1) is 14.4. The van der Waals surface area contributed by atoms with Gasteiger partial charge in [0.15, 0.2) is 0 Å². The largest absolute Gasteiger partial charge is 0.389 e. The van der Waals surface area contributed by atoms with Crippen molar-refractivity contribution in [1.82, 2.24) is 5.32 Å². The van der Waals surface area contributed by atoms with Crippen LogP contribution in [0.2, 0.25) is 0 Å². The molecule has 0 aromatic heterocycles. The van der Waals surface area contributed by atoms with Crippen LogP contribution in [-0.2, 0) is 0 Å². The summed E-state index contributed by atoms with van der Waals surface area (Å²) in [6.45, 7) is 0. The Kier molecular flexibility index (Phi) is 4.94. The van der Waals surface area contributed by atoms with Crippen molar-refractivity contribution >= 4 is 15.9 Å². The van der Waals surface area contributed by atoms with Crippen LogP contribution in [0.15, 0.2) is 22.7 Å². The molecule has 17 heavy (non-hydrogen) atoms. The van der Waals surface area contributed by atoms with Crippen molar-refractivity contribution in [3.63, 3.8) is 0 Å². The predicted octanol–water partition coefficient (Wildman–Crippen LogP) is 4.19. The van der Waals surface area contributed by atoms with E-state index in [1.165, 1.54) is 12.1 Å². The number of hydrogen-bond acceptors (Lipinski definition) is 1. The number of hydrogen-bond donors (Lipinski definition) is 1. The normalized spacial score (nSPS) is 13.8. The molecule has 0 aliphatic rings. The first-order valence-corrected chi connectivity index (χ1v) is 5.82. The summed E-state index contributed by atoms with van der Waals surface area (Å²) < 4.78 is 49.9. The third-order valence-electron chi connectivity index (χ3n) is 2.42. The van der Waals surface area contributed by atoms with E-state index in [2.05, 4.69) is 21.2 Å². The molecule has 0 saturated heterocycles. The van der Waals surface area contributed by atoms with Gasteiger partial charge in [0, 0.05) is 12.5 Å². The van der Waals surface area contributed by atoms with Crippen molar-refractivity contribution in [2.45, 2.75) is 25.1 Å². The van der Waals surface area contributed by atoms with Gasteiger partial charge in [0.25, 0.3) is 0 Å². The highest BCUT2D eigenvalue weighted by Crippen LogP contribution is 2.31. The fraction of sp³-hybridized carbons (Fsp3) is 0.455. The monoisotopic (exact) mass is 313 g/mol. The summed E-state index contributed by atoms with van der Waals surface area (Å²) in [6.07, 6.45) is -5.22. The van der Waals surface area contributed by atoms with E-state index < -0.39 is 24.5 Å². The van der Waals surface area contributed by atoms with Crippen LogP contribution in [-0.4, -0.2) is 13.2 Å². The van der Waals surface area contributed by atoms with Gasteiger partial charge in [-0.2, -0.15) is 13.2 Å². The lowest BCUT2D eigenvalue weighted by molar-refractivity contribution is -0.136. The molecule has 1 rings (SSSR count). The van der Waals surface area contributed by atoms with Gasteiger partial charge in [-0.05, 0) is 41.0 Å². The van der Waals surface area contributed by atoms with E-state index in [1.807, 2.05) is 0 Å². The Bertz CT molecular complexity index is 378. The highest BCUT2D eigenvalue weighted by atomic mass is 79.9. The van der Waals surface area contributed by atoms with E-state index in [1.54, 1.807) is 13.1 Å². The molecule has 96 valence electrons. The van der Waals surface area contributed by atoms with Gasteiger partial charge in [-0.15, -0.1) is 0 Å². The van der Waals surface area contributed by atoms with E-state index in [0.717, 1.165) is 0 Å². The molecule has 0 amide bonds. The molecule has 1 nitrogen and oxygen atoms in total. The maximum atomic E-state index is 13.3. The van der Waals surface area contributed by atoms with Gasteiger partial charge in [-0.3, -0.25) is 0 Å². The van der Waals surface area contributed by atoms with Crippen LogP contribution >= 0.6 is 15.9 Å². The van der Waals surface area contributed by atoms with Gasteiger partial charge in [0.2, 0.25) is 0 Å². The lowest BCUT2D eigenvalue weighted by Crippen LogP contribution is -2.20. The van der Waals surface area contributed by atoms with E-state index >= 15 is 0 Å². The Morgan fingerprint density at radius 1 is 1.35 bits per heavy atom. The second kappa shape index (κ2) is 5.82. The third kappa shape index (κ3) is 4.27. The van der Waals surface area contributed by atoms with Crippen LogP contribution < -0.4 is 5.32 Å². The average Bonchev–Trinajstić information content (AvgIpc) is 2.23. The molecule has 0 radical (unpaired) electrons. The summed E-state index contributed by atoms with van der Waals surface area (Å²) in [4.78, 5) is 0. The Labute approximate surface area is 105 Å². The van der Waals surface area contributed by atoms with Crippen LogP contribution in [0.1, 0.15) is 24.4 Å². The molecule has 0 aliphatic carbocycles. The van der Waals surface area contributed by atoms with Crippen molar-refractivity contribution in [2.75, 3.05) is 7.05 Å². The van der Waals surface area contributed by atoms with Crippen LogP contribution in [0.3, 0.4) is 0 Å². The topological polar surface area (TPSA) is 12.0 Å². The Hall–Kier alpha value is -0.620. The minimum Gasteiger partial charge on any atom is -0.313 e. The van der Waals surface area contributed by atoms with Gasteiger partial charge in [0.05, 0.1) is 4.47 Å². The van der Waals surface area contributed by atoms with Crippen LogP contribution in [0.4, 0.5) is 17.6 Å². The lowest BCUT2D eigenvalue weighted by atomic mass is 10.0. The maximum Gasteiger partial charge on any atom is 0.389 e. The van der Waals surface area contributed by atoms with Gasteiger partial charge in [0.1, 0.15) is 5.82 Å². The number of halogens is 5. The van der Waals surface area contributed by atoms with E-state index in [4.69, 9.17) is 0 Å². The standard InChI is InChI=1S/C11H12BrF4N/c1-17-9(5-6-11(14,15)16)7-3-2-4-8(13)10(7)12/h2-4,9,17H,5-6H2,1H3. The van der Waals surface area contributed by atoms with E-state index in [0.29, 0.717) is 5.56 Å². The lowest BCUT2D eigenvalue weighted by Gasteiger charge is -2.19. The average molecular weight is 314 g/mol. The van der Waals surface area contributed by atoms with Crippen LogP contribution in [0.25, 0.3) is 0 Å². The summed E-state index contributed by atoms with van der Waals surface area (Å²) in [7, 11) is 1.55. The van der Waals surface area contributed by atoms with Crippen molar-refractivity contribution < 1.29 is 17.6 Å². The summed E-state index contributed by atoms with van der Waals surface area (Å²) in [5, 5.41) is 2.76. The van der Waals surface area contributed by atoms with Gasteiger partial charge in [-0.1, -0.05) is 12.1 Å². The highest BCUT2D eigenvalue weighted by Gasteiger charge is 2.29. The smallest absolute Gasteiger partial charge is 0.313 e. The fourth-order valence-corrected chi connectivity index (χ4v) is 2.09. The van der Waals surface area contributed by atoms with Crippen molar-refractivity contribution in [3.8, 4) is 0 Å². The summed E-state index contributed by atoms with van der Waals surface area (Å²) in [5.74, 6) is -0.477. The minimum absolute atomic E-state index is 0.123. The fourth-order valence-electron chi connectivity index (χ4n) is 1.55. The summed E-state index contributed by atoms with van der Waals surface area (Å²) in [6, 6.07) is 3.81. The Balaban J connectivity index is 2.83. The molecule has 1 aromatic rings. The molecule has 0 heterocycles. The molecule has 6 heteroatoms. The highest BCUT2D eigenvalue weighted by molar-refractivity contribution is 9.10. The summed E-state index contributed by atoms with van der Waals surface area (Å²) >= 11 is 3.05. The van der Waals surface area contributed by atoms with Crippen LogP contribution in [0, 0.1) is 5.82 Å². The molecule has 1 unspecified atom stereocenters. The quantitative estimate of drug-likeness (QED) is 0.822. The molecule has 1 atom stereocenters. The number of benzene rings is 1. The Morgan fingerprint density at radius 2 is 2.00 bits per heavy atom. The molecule has 0 bridgehead atoms. The number of alkyl halides is 3. The van der Waals surface area contributed by atoms with Gasteiger partial charge in [-0.25, -0.2) is 4.39 Å². The zero-order valence-corrected chi connectivity index (χ0v) is 10.7. The molecule has 0 saturated carbocycles. The molecule has 1 aromatic carbocycles. The Morgan fingerprint density at radius 3 is 2.53 bits per heavy atom. The number of rotatable bonds is 4. The summed E-state index contributed by atoms with van der Waals surface area (Å²) in [5.41, 5.74) is 0.497. The zero-order chi connectivity index (χ0) is 13.1. The van der Waals surface area contributed by atoms with Crippen molar-refractivity contribution in [3.05, 3.63) is 34.1 Å². The second-order valence-electron chi connectivity index (χ2n) is 3.64. The molecule has 0 fully saturated rings. The number of nitrogens with one attached hydrogen (secondary N) is 1. The third-order valence-corrected chi connectivity index (χ3v) is 3.26. The molecular formula is C11H12BrF4N. The predicted molar refractivity (Wildman–Crippen MR) is 61.2 cm³/mol. The van der Waals surface area contributed by atoms with E-state index in [-0.39, 0.29) is 10.9 Å².